The van der Waals surface area contributed by atoms with Gasteiger partial charge >= 0.3 is 0 Å². The number of hydrogen-bond acceptors (Lipinski definition) is 5. The maximum atomic E-state index is 14.7. The Morgan fingerprint density at radius 1 is 1.03 bits per heavy atom. The average molecular weight is 525 g/mol. The van der Waals surface area contributed by atoms with Gasteiger partial charge in [-0.2, -0.15) is 0 Å². The molecule has 39 heavy (non-hydrogen) atoms. The molecule has 7 rings (SSSR count). The minimum atomic E-state index is -1.70. The number of halogens is 1. The standard InChI is InChI=1S/C31H25FN2O5/c1-18-8-13-25-22(15-18)27(35)26-28(39-25)29(36)34(17-21-5-4-14-38-21)31(26)23-6-2-3-7-24(23)33(30(31)37)16-19-9-11-20(32)12-10-19/h2-3,6-13,15,21H,4-5,14,16-17H2,1H3. The number of carbonyl (C=O) groups excluding carboxylic acids is 2. The summed E-state index contributed by atoms with van der Waals surface area (Å²) in [4.78, 5) is 46.1. The van der Waals surface area contributed by atoms with Gasteiger partial charge in [-0.15, -0.1) is 0 Å². The maximum absolute atomic E-state index is 14.7. The predicted octanol–water partition coefficient (Wildman–Crippen LogP) is 4.67. The summed E-state index contributed by atoms with van der Waals surface area (Å²) in [6.45, 7) is 2.74. The second-order valence-corrected chi connectivity index (χ2v) is 10.4. The second kappa shape index (κ2) is 8.61. The number of anilines is 1. The molecule has 1 saturated heterocycles. The number of aryl methyl sites for hydroxylation is 1. The van der Waals surface area contributed by atoms with E-state index in [1.54, 1.807) is 41.3 Å². The van der Waals surface area contributed by atoms with E-state index >= 15 is 0 Å². The van der Waals surface area contributed by atoms with Gasteiger partial charge in [-0.05, 0) is 55.7 Å². The van der Waals surface area contributed by atoms with Crippen molar-refractivity contribution < 1.29 is 23.1 Å². The number of ether oxygens (including phenoxy) is 1. The van der Waals surface area contributed by atoms with Crippen molar-refractivity contribution in [2.24, 2.45) is 0 Å². The molecule has 3 aliphatic heterocycles. The molecule has 2 amide bonds. The van der Waals surface area contributed by atoms with Gasteiger partial charge in [-0.1, -0.05) is 42.0 Å². The lowest BCUT2D eigenvalue weighted by atomic mass is 9.83. The summed E-state index contributed by atoms with van der Waals surface area (Å²) in [5.74, 6) is -1.41. The monoisotopic (exact) mass is 524 g/mol. The molecular formula is C31H25FN2O5. The molecular weight excluding hydrogens is 499 g/mol. The minimum Gasteiger partial charge on any atom is -0.450 e. The Morgan fingerprint density at radius 3 is 2.59 bits per heavy atom. The van der Waals surface area contributed by atoms with E-state index < -0.39 is 22.8 Å². The van der Waals surface area contributed by atoms with Crippen molar-refractivity contribution in [3.8, 4) is 0 Å². The Balaban J connectivity index is 1.49. The van der Waals surface area contributed by atoms with Gasteiger partial charge in [0.1, 0.15) is 11.4 Å². The Hall–Kier alpha value is -4.30. The number of fused-ring (bicyclic) bond motifs is 5. The highest BCUT2D eigenvalue weighted by molar-refractivity contribution is 6.17. The van der Waals surface area contributed by atoms with Crippen molar-refractivity contribution in [2.75, 3.05) is 18.1 Å². The van der Waals surface area contributed by atoms with Gasteiger partial charge in [0, 0.05) is 18.7 Å². The third kappa shape index (κ3) is 3.34. The molecule has 2 atom stereocenters. The van der Waals surface area contributed by atoms with Crippen LogP contribution in [0, 0.1) is 12.7 Å². The number of benzene rings is 3. The van der Waals surface area contributed by atoms with Crippen LogP contribution in [0.1, 0.15) is 45.7 Å². The molecule has 4 aromatic rings. The first kappa shape index (κ1) is 23.8. The summed E-state index contributed by atoms with van der Waals surface area (Å²) >= 11 is 0. The molecule has 0 N–H and O–H groups in total. The zero-order valence-corrected chi connectivity index (χ0v) is 21.3. The van der Waals surface area contributed by atoms with Crippen LogP contribution in [0.25, 0.3) is 11.0 Å². The summed E-state index contributed by atoms with van der Waals surface area (Å²) in [6, 6.07) is 18.4. The van der Waals surface area contributed by atoms with E-state index in [1.165, 1.54) is 17.0 Å². The number of carbonyl (C=O) groups is 2. The van der Waals surface area contributed by atoms with E-state index in [4.69, 9.17) is 9.15 Å². The minimum absolute atomic E-state index is 0.0441. The predicted molar refractivity (Wildman–Crippen MR) is 142 cm³/mol. The molecule has 7 nitrogen and oxygen atoms in total. The quantitative estimate of drug-likeness (QED) is 0.388. The summed E-state index contributed by atoms with van der Waals surface area (Å²) in [5, 5.41) is 0.321. The van der Waals surface area contributed by atoms with Gasteiger partial charge in [0.2, 0.25) is 5.76 Å². The molecule has 1 spiro atoms. The van der Waals surface area contributed by atoms with Crippen molar-refractivity contribution >= 4 is 28.5 Å². The van der Waals surface area contributed by atoms with Gasteiger partial charge in [-0.25, -0.2) is 4.39 Å². The number of amides is 2. The molecule has 8 heteroatoms. The van der Waals surface area contributed by atoms with Crippen LogP contribution in [-0.4, -0.2) is 36.0 Å². The van der Waals surface area contributed by atoms with E-state index in [0.29, 0.717) is 34.4 Å². The fraction of sp³-hybridized carbons (Fsp3) is 0.258. The zero-order valence-electron chi connectivity index (χ0n) is 21.3. The summed E-state index contributed by atoms with van der Waals surface area (Å²) < 4.78 is 25.6. The number of para-hydroxylation sites is 1. The molecule has 0 aliphatic carbocycles. The highest BCUT2D eigenvalue weighted by Crippen LogP contribution is 2.53. The van der Waals surface area contributed by atoms with Crippen molar-refractivity contribution in [1.29, 1.82) is 0 Å². The maximum Gasteiger partial charge on any atom is 0.291 e. The van der Waals surface area contributed by atoms with E-state index in [0.717, 1.165) is 18.4 Å². The topological polar surface area (TPSA) is 80.1 Å². The molecule has 196 valence electrons. The fourth-order valence-corrected chi connectivity index (χ4v) is 6.28. The van der Waals surface area contributed by atoms with Gasteiger partial charge in [0.25, 0.3) is 11.8 Å². The SMILES string of the molecule is Cc1ccc2oc3c(c(=O)c2c1)C1(C(=O)N(Cc2ccc(F)cc2)c2ccccc21)N(CC1CCCO1)C3=O. The molecule has 2 unspecified atom stereocenters. The number of rotatable bonds is 4. The van der Waals surface area contributed by atoms with Crippen LogP contribution in [0.3, 0.4) is 0 Å². The van der Waals surface area contributed by atoms with Gasteiger partial charge in [0.05, 0.1) is 29.3 Å². The Labute approximate surface area is 223 Å². The lowest BCUT2D eigenvalue weighted by Crippen LogP contribution is -2.55. The summed E-state index contributed by atoms with van der Waals surface area (Å²) in [7, 11) is 0. The largest absolute Gasteiger partial charge is 0.450 e. The Kier molecular flexibility index (Phi) is 5.25. The van der Waals surface area contributed by atoms with Crippen molar-refractivity contribution in [1.82, 2.24) is 4.90 Å². The molecule has 1 fully saturated rings. The van der Waals surface area contributed by atoms with Gasteiger partial charge < -0.3 is 19.0 Å². The first-order valence-corrected chi connectivity index (χ1v) is 13.1. The smallest absolute Gasteiger partial charge is 0.291 e. The molecule has 3 aliphatic rings. The van der Waals surface area contributed by atoms with Crippen LogP contribution >= 0.6 is 0 Å². The van der Waals surface area contributed by atoms with E-state index in [2.05, 4.69) is 0 Å². The first-order chi connectivity index (χ1) is 18.9. The van der Waals surface area contributed by atoms with Crippen LogP contribution in [0.4, 0.5) is 10.1 Å². The third-order valence-electron chi connectivity index (χ3n) is 8.06. The normalized spacial score (nSPS) is 21.8. The molecule has 4 heterocycles. The van der Waals surface area contributed by atoms with Crippen LogP contribution < -0.4 is 10.3 Å². The van der Waals surface area contributed by atoms with Crippen LogP contribution in [-0.2, 0) is 21.6 Å². The van der Waals surface area contributed by atoms with Crippen molar-refractivity contribution in [3.63, 3.8) is 0 Å². The molecule has 3 aromatic carbocycles. The van der Waals surface area contributed by atoms with E-state index in [1.807, 2.05) is 25.1 Å². The van der Waals surface area contributed by atoms with Gasteiger partial charge in [-0.3, -0.25) is 14.4 Å². The Morgan fingerprint density at radius 2 is 1.82 bits per heavy atom. The molecule has 0 bridgehead atoms. The highest BCUT2D eigenvalue weighted by Gasteiger charge is 2.65. The van der Waals surface area contributed by atoms with E-state index in [-0.39, 0.29) is 36.3 Å². The lowest BCUT2D eigenvalue weighted by molar-refractivity contribution is -0.126. The zero-order chi connectivity index (χ0) is 26.9. The van der Waals surface area contributed by atoms with Crippen molar-refractivity contribution in [2.45, 2.75) is 38.0 Å². The molecule has 0 saturated carbocycles. The molecule has 0 radical (unpaired) electrons. The van der Waals surface area contributed by atoms with E-state index in [9.17, 15) is 18.8 Å². The molecule has 1 aromatic heterocycles. The van der Waals surface area contributed by atoms with Crippen LogP contribution in [0.15, 0.2) is 75.9 Å². The summed E-state index contributed by atoms with van der Waals surface area (Å²) in [6.07, 6.45) is 1.33. The highest BCUT2D eigenvalue weighted by atomic mass is 19.1. The second-order valence-electron chi connectivity index (χ2n) is 10.4. The Bertz CT molecular complexity index is 1720. The summed E-state index contributed by atoms with van der Waals surface area (Å²) in [5.41, 5.74) is 0.956. The van der Waals surface area contributed by atoms with Gasteiger partial charge in [0.15, 0.2) is 11.0 Å². The number of hydrogen-bond donors (Lipinski definition) is 0. The first-order valence-electron chi connectivity index (χ1n) is 13.1. The third-order valence-corrected chi connectivity index (χ3v) is 8.06. The fourth-order valence-electron chi connectivity index (χ4n) is 6.28. The number of nitrogens with zero attached hydrogens (tertiary/aromatic N) is 2. The van der Waals surface area contributed by atoms with Crippen LogP contribution in [0.2, 0.25) is 0 Å². The van der Waals surface area contributed by atoms with Crippen LogP contribution in [0.5, 0.6) is 0 Å². The lowest BCUT2D eigenvalue weighted by Gasteiger charge is -2.35. The average Bonchev–Trinajstić information content (AvgIpc) is 3.60. The van der Waals surface area contributed by atoms with Crippen molar-refractivity contribution in [3.05, 3.63) is 111 Å².